The highest BCUT2D eigenvalue weighted by atomic mass is 19.3. The average molecular weight is 685 g/mol. The van der Waals surface area contributed by atoms with E-state index in [-0.39, 0.29) is 33.8 Å². The van der Waals surface area contributed by atoms with Crippen LogP contribution in [0, 0.1) is 17.5 Å². The summed E-state index contributed by atoms with van der Waals surface area (Å²) >= 11 is 0. The molecule has 5 rings (SSSR count). The minimum atomic E-state index is -3.36. The maximum absolute atomic E-state index is 15.2. The minimum Gasteiger partial charge on any atom is -0.443 e. The third kappa shape index (κ3) is 7.87. The predicted octanol–water partition coefficient (Wildman–Crippen LogP) is 8.60. The lowest BCUT2D eigenvalue weighted by Crippen LogP contribution is -2.44. The number of halogens is 5. The first-order valence-corrected chi connectivity index (χ1v) is 15.0. The number of aromatic nitrogens is 5. The van der Waals surface area contributed by atoms with Crippen LogP contribution in [0.15, 0.2) is 67.1 Å². The number of pyridine rings is 1. The van der Waals surface area contributed by atoms with Crippen LogP contribution in [0.5, 0.6) is 0 Å². The van der Waals surface area contributed by atoms with Gasteiger partial charge >= 0.3 is 12.2 Å². The number of carbonyl (C=O) groups excluding carboxylic acids is 2. The molecule has 0 aliphatic heterocycles. The molecule has 3 heterocycles. The van der Waals surface area contributed by atoms with Gasteiger partial charge in [0.25, 0.3) is 11.9 Å². The molecule has 2 amide bonds. The topological polar surface area (TPSA) is 104 Å². The van der Waals surface area contributed by atoms with Crippen molar-refractivity contribution >= 4 is 23.8 Å². The summed E-state index contributed by atoms with van der Waals surface area (Å²) in [7, 11) is 0. The Labute approximate surface area is 278 Å². The van der Waals surface area contributed by atoms with Crippen molar-refractivity contribution in [1.82, 2.24) is 24.4 Å². The Balaban J connectivity index is 1.52. The van der Waals surface area contributed by atoms with Gasteiger partial charge < -0.3 is 9.47 Å². The number of nitrogens with zero attached hydrogens (tertiary/aromatic N) is 6. The van der Waals surface area contributed by atoms with Crippen molar-refractivity contribution in [3.8, 4) is 22.3 Å². The molecule has 0 aliphatic rings. The zero-order chi connectivity index (χ0) is 36.1. The van der Waals surface area contributed by atoms with Crippen molar-refractivity contribution in [3.05, 3.63) is 90.1 Å². The van der Waals surface area contributed by atoms with E-state index in [4.69, 9.17) is 9.47 Å². The Morgan fingerprint density at radius 1 is 0.816 bits per heavy atom. The van der Waals surface area contributed by atoms with Crippen molar-refractivity contribution in [2.24, 2.45) is 0 Å². The van der Waals surface area contributed by atoms with Gasteiger partial charge in [0.15, 0.2) is 17.3 Å². The van der Waals surface area contributed by atoms with Gasteiger partial charge in [-0.05, 0) is 94.6 Å². The summed E-state index contributed by atoms with van der Waals surface area (Å²) in [4.78, 5) is 31.0. The van der Waals surface area contributed by atoms with E-state index in [0.29, 0.717) is 17.4 Å². The number of carbonyl (C=O) groups is 2. The first-order valence-electron chi connectivity index (χ1n) is 15.0. The standard InChI is InChI=1S/C34H33F5N6O4/c1-32(2,3)48-30(46)45(31(47)49-33(4,5)6)29-41-26-16-20(12-13-43(26)42-29)21-14-24(27(37)25(36)15-21)22-17-40-44(18-22)28(34(7,38)39)19-8-10-23(35)11-9-19/h8-18,28H,1-7H3. The molecule has 0 radical (unpaired) electrons. The zero-order valence-corrected chi connectivity index (χ0v) is 27.6. The smallest absolute Gasteiger partial charge is 0.427 e. The lowest BCUT2D eigenvalue weighted by atomic mass is 10.00. The Morgan fingerprint density at radius 3 is 2.00 bits per heavy atom. The highest BCUT2D eigenvalue weighted by molar-refractivity contribution is 6.08. The van der Waals surface area contributed by atoms with E-state index in [0.717, 1.165) is 35.3 Å². The maximum Gasteiger partial charge on any atom is 0.427 e. The van der Waals surface area contributed by atoms with Crippen LogP contribution in [-0.4, -0.2) is 53.7 Å². The summed E-state index contributed by atoms with van der Waals surface area (Å²) in [6.07, 6.45) is 1.56. The van der Waals surface area contributed by atoms with Gasteiger partial charge in [0.05, 0.1) is 6.20 Å². The van der Waals surface area contributed by atoms with Crippen molar-refractivity contribution in [2.45, 2.75) is 71.6 Å². The highest BCUT2D eigenvalue weighted by Crippen LogP contribution is 2.37. The molecule has 49 heavy (non-hydrogen) atoms. The monoisotopic (exact) mass is 684 g/mol. The molecule has 258 valence electrons. The number of hydrogen-bond donors (Lipinski definition) is 0. The Morgan fingerprint density at radius 2 is 1.43 bits per heavy atom. The van der Waals surface area contributed by atoms with Gasteiger partial charge in [-0.15, -0.1) is 10.00 Å². The van der Waals surface area contributed by atoms with Crippen LogP contribution >= 0.6 is 0 Å². The normalized spacial score (nSPS) is 13.0. The van der Waals surface area contributed by atoms with Crippen LogP contribution in [0.2, 0.25) is 0 Å². The van der Waals surface area contributed by atoms with Gasteiger partial charge in [0.1, 0.15) is 23.1 Å². The number of hydrogen-bond acceptors (Lipinski definition) is 7. The van der Waals surface area contributed by atoms with Crippen LogP contribution in [0.25, 0.3) is 27.9 Å². The van der Waals surface area contributed by atoms with Gasteiger partial charge in [-0.2, -0.15) is 10.1 Å². The molecule has 0 saturated carbocycles. The van der Waals surface area contributed by atoms with Crippen molar-refractivity contribution in [3.63, 3.8) is 0 Å². The summed E-state index contributed by atoms with van der Waals surface area (Å²) in [5, 5.41) is 8.23. The average Bonchev–Trinajstić information content (AvgIpc) is 3.60. The van der Waals surface area contributed by atoms with Gasteiger partial charge in [-0.25, -0.2) is 36.1 Å². The Kier molecular flexibility index (Phi) is 8.99. The number of imide groups is 1. The summed E-state index contributed by atoms with van der Waals surface area (Å²) in [5.74, 6) is -6.79. The number of fused-ring (bicyclic) bond motifs is 1. The molecule has 5 aromatic rings. The highest BCUT2D eigenvalue weighted by Gasteiger charge is 2.38. The van der Waals surface area contributed by atoms with E-state index < -0.39 is 52.8 Å². The van der Waals surface area contributed by atoms with Gasteiger partial charge in [0.2, 0.25) is 0 Å². The molecule has 0 fully saturated rings. The molecule has 0 saturated heterocycles. The van der Waals surface area contributed by atoms with E-state index >= 15 is 8.78 Å². The molecule has 0 spiro atoms. The number of alkyl halides is 2. The lowest BCUT2D eigenvalue weighted by Gasteiger charge is -2.26. The van der Waals surface area contributed by atoms with Gasteiger partial charge in [-0.3, -0.25) is 4.68 Å². The molecule has 10 nitrogen and oxygen atoms in total. The largest absolute Gasteiger partial charge is 0.443 e. The van der Waals surface area contributed by atoms with Crippen LogP contribution in [0.4, 0.5) is 37.5 Å². The van der Waals surface area contributed by atoms with Crippen molar-refractivity contribution < 1.29 is 41.0 Å². The van der Waals surface area contributed by atoms with Crippen LogP contribution in [0.1, 0.15) is 60.1 Å². The number of benzene rings is 2. The summed E-state index contributed by atoms with van der Waals surface area (Å²) in [5.41, 5.74) is -1.50. The van der Waals surface area contributed by atoms with Crippen molar-refractivity contribution in [2.75, 3.05) is 4.90 Å². The molecule has 2 aromatic carbocycles. The third-order valence-electron chi connectivity index (χ3n) is 6.88. The number of rotatable bonds is 6. The second-order valence-corrected chi connectivity index (χ2v) is 13.4. The predicted molar refractivity (Wildman–Crippen MR) is 170 cm³/mol. The third-order valence-corrected chi connectivity index (χ3v) is 6.88. The van der Waals surface area contributed by atoms with Gasteiger partial charge in [-0.1, -0.05) is 12.1 Å². The van der Waals surface area contributed by atoms with E-state index in [2.05, 4.69) is 15.2 Å². The summed E-state index contributed by atoms with van der Waals surface area (Å²) in [6, 6.07) is 8.05. The number of amides is 2. The van der Waals surface area contributed by atoms with Crippen LogP contribution in [-0.2, 0) is 9.47 Å². The van der Waals surface area contributed by atoms with E-state index in [1.165, 1.54) is 41.0 Å². The van der Waals surface area contributed by atoms with E-state index in [9.17, 15) is 22.8 Å². The lowest BCUT2D eigenvalue weighted by molar-refractivity contribution is -0.0217. The van der Waals surface area contributed by atoms with E-state index in [1.807, 2.05) is 0 Å². The Hall–Kier alpha value is -5.34. The first-order chi connectivity index (χ1) is 22.7. The molecule has 3 aromatic heterocycles. The first kappa shape index (κ1) is 35.0. The quantitative estimate of drug-likeness (QED) is 0.165. The summed E-state index contributed by atoms with van der Waals surface area (Å²) in [6.45, 7) is 10.4. The number of ether oxygens (including phenoxy) is 2. The van der Waals surface area contributed by atoms with Gasteiger partial charge in [0, 0.05) is 30.4 Å². The molecule has 0 aliphatic carbocycles. The molecule has 15 heteroatoms. The maximum atomic E-state index is 15.2. The molecule has 0 N–H and O–H groups in total. The zero-order valence-electron chi connectivity index (χ0n) is 27.6. The van der Waals surface area contributed by atoms with Crippen molar-refractivity contribution in [1.29, 1.82) is 0 Å². The molecule has 1 unspecified atom stereocenters. The second-order valence-electron chi connectivity index (χ2n) is 13.4. The SMILES string of the molecule is CC(C)(C)OC(=O)N(C(=O)OC(C)(C)C)c1nc2cc(-c3cc(F)c(F)c(-c4cnn(C(c5ccc(F)cc5)C(C)(F)F)c4)c3)ccn2n1. The molecule has 0 bridgehead atoms. The van der Waals surface area contributed by atoms with Crippen LogP contribution in [0.3, 0.4) is 0 Å². The molecular formula is C34H33F5N6O4. The Bertz CT molecular complexity index is 2000. The van der Waals surface area contributed by atoms with E-state index in [1.54, 1.807) is 41.5 Å². The molecular weight excluding hydrogens is 651 g/mol. The second kappa shape index (κ2) is 12.6. The fraction of sp³-hybridized carbons (Fsp3) is 0.324. The molecule has 1 atom stereocenters. The fourth-order valence-electron chi connectivity index (χ4n) is 4.90. The minimum absolute atomic E-state index is 0.00539. The van der Waals surface area contributed by atoms with Crippen LogP contribution < -0.4 is 4.90 Å². The summed E-state index contributed by atoms with van der Waals surface area (Å²) < 4.78 is 86.2. The number of anilines is 1. The fourth-order valence-corrected chi connectivity index (χ4v) is 4.90.